The molecule has 0 spiro atoms. The summed E-state index contributed by atoms with van der Waals surface area (Å²) in [4.78, 5) is 38.7. The van der Waals surface area contributed by atoms with Crippen molar-refractivity contribution < 1.29 is 9.59 Å². The molecule has 32 heavy (non-hydrogen) atoms. The van der Waals surface area contributed by atoms with Gasteiger partial charge in [-0.2, -0.15) is 0 Å². The third kappa shape index (κ3) is 3.78. The lowest BCUT2D eigenvalue weighted by atomic mass is 9.99. The second-order valence-electron chi connectivity index (χ2n) is 7.70. The molecule has 5 rings (SSSR count). The van der Waals surface area contributed by atoms with Crippen molar-refractivity contribution in [2.45, 2.75) is 26.2 Å². The Balaban J connectivity index is 1.37. The Kier molecular flexibility index (Phi) is 5.02. The van der Waals surface area contributed by atoms with Gasteiger partial charge in [-0.15, -0.1) is 11.3 Å². The minimum absolute atomic E-state index is 0.263. The molecular weight excluding hydrogens is 424 g/mol. The van der Waals surface area contributed by atoms with Gasteiger partial charge in [-0.25, -0.2) is 9.97 Å². The van der Waals surface area contributed by atoms with Crippen LogP contribution in [0.5, 0.6) is 0 Å². The standard InChI is InChI=1S/C23H20N6O2S/c1-12-5-6-25-10-15(12)13-7-14-9-20(26-11-16(14)17(24)8-13)28-21(30)22(31)29-23-27-18-3-2-4-19(18)32-23/h5-11H,2-4,24H2,1H3,(H,26,28,30)(H,27,29,31). The number of hydrogen-bond acceptors (Lipinski definition) is 7. The number of thiazole rings is 1. The minimum atomic E-state index is -0.806. The van der Waals surface area contributed by atoms with E-state index in [2.05, 4.69) is 25.6 Å². The zero-order chi connectivity index (χ0) is 22.2. The normalized spacial score (nSPS) is 12.5. The maximum Gasteiger partial charge on any atom is 0.315 e. The molecule has 0 bridgehead atoms. The number of aryl methyl sites for hydroxylation is 3. The molecule has 160 valence electrons. The number of rotatable bonds is 3. The van der Waals surface area contributed by atoms with Gasteiger partial charge in [-0.3, -0.25) is 19.9 Å². The quantitative estimate of drug-likeness (QED) is 0.327. The van der Waals surface area contributed by atoms with Crippen LogP contribution in [0, 0.1) is 6.92 Å². The molecule has 1 aliphatic rings. The molecule has 0 saturated heterocycles. The van der Waals surface area contributed by atoms with Gasteiger partial charge in [0.25, 0.3) is 0 Å². The molecule has 2 amide bonds. The lowest BCUT2D eigenvalue weighted by molar-refractivity contribution is -0.133. The summed E-state index contributed by atoms with van der Waals surface area (Å²) in [5, 5.41) is 7.14. The molecule has 0 aliphatic heterocycles. The number of benzene rings is 1. The smallest absolute Gasteiger partial charge is 0.315 e. The van der Waals surface area contributed by atoms with Gasteiger partial charge in [0.15, 0.2) is 5.13 Å². The highest BCUT2D eigenvalue weighted by Crippen LogP contribution is 2.32. The largest absolute Gasteiger partial charge is 0.398 e. The summed E-state index contributed by atoms with van der Waals surface area (Å²) in [5.74, 6) is -1.32. The van der Waals surface area contributed by atoms with E-state index in [4.69, 9.17) is 5.73 Å². The van der Waals surface area contributed by atoms with Crippen molar-refractivity contribution in [3.05, 3.63) is 59.0 Å². The summed E-state index contributed by atoms with van der Waals surface area (Å²) in [6, 6.07) is 7.48. The summed E-state index contributed by atoms with van der Waals surface area (Å²) in [5.41, 5.74) is 10.8. The number of aromatic nitrogens is 3. The van der Waals surface area contributed by atoms with Crippen LogP contribution in [0.25, 0.3) is 21.9 Å². The van der Waals surface area contributed by atoms with E-state index in [0.717, 1.165) is 52.4 Å². The first-order chi connectivity index (χ1) is 15.5. The summed E-state index contributed by atoms with van der Waals surface area (Å²) >= 11 is 1.42. The molecule has 4 N–H and O–H groups in total. The number of amides is 2. The van der Waals surface area contributed by atoms with E-state index in [0.29, 0.717) is 10.8 Å². The number of nitrogen functional groups attached to an aromatic ring is 1. The van der Waals surface area contributed by atoms with Gasteiger partial charge in [-0.05, 0) is 67.0 Å². The van der Waals surface area contributed by atoms with Crippen LogP contribution < -0.4 is 16.4 Å². The van der Waals surface area contributed by atoms with Crippen molar-refractivity contribution in [2.24, 2.45) is 0 Å². The first-order valence-electron chi connectivity index (χ1n) is 10.2. The third-order valence-electron chi connectivity index (χ3n) is 5.48. The molecule has 1 aliphatic carbocycles. The Bertz CT molecular complexity index is 1360. The molecule has 0 unspecified atom stereocenters. The van der Waals surface area contributed by atoms with E-state index in [-0.39, 0.29) is 5.82 Å². The van der Waals surface area contributed by atoms with Crippen LogP contribution in [0.1, 0.15) is 22.6 Å². The maximum atomic E-state index is 12.4. The first-order valence-corrected chi connectivity index (χ1v) is 11.0. The molecule has 3 heterocycles. The van der Waals surface area contributed by atoms with Gasteiger partial charge in [0.05, 0.1) is 5.69 Å². The Morgan fingerprint density at radius 1 is 1.09 bits per heavy atom. The van der Waals surface area contributed by atoms with Crippen LogP contribution in [-0.2, 0) is 22.4 Å². The van der Waals surface area contributed by atoms with Crippen LogP contribution in [0.4, 0.5) is 16.6 Å². The van der Waals surface area contributed by atoms with Gasteiger partial charge in [-0.1, -0.05) is 0 Å². The van der Waals surface area contributed by atoms with E-state index in [1.807, 2.05) is 25.1 Å². The van der Waals surface area contributed by atoms with Gasteiger partial charge in [0, 0.05) is 40.1 Å². The van der Waals surface area contributed by atoms with E-state index in [1.165, 1.54) is 16.2 Å². The van der Waals surface area contributed by atoms with Crippen LogP contribution in [0.2, 0.25) is 0 Å². The van der Waals surface area contributed by atoms with Crippen molar-refractivity contribution in [1.82, 2.24) is 15.0 Å². The zero-order valence-electron chi connectivity index (χ0n) is 17.3. The van der Waals surface area contributed by atoms with Crippen molar-refractivity contribution in [2.75, 3.05) is 16.4 Å². The fraction of sp³-hybridized carbons (Fsp3) is 0.174. The van der Waals surface area contributed by atoms with E-state index in [9.17, 15) is 9.59 Å². The van der Waals surface area contributed by atoms with Gasteiger partial charge >= 0.3 is 11.8 Å². The molecule has 4 aromatic rings. The second-order valence-corrected chi connectivity index (χ2v) is 8.78. The topological polar surface area (TPSA) is 123 Å². The zero-order valence-corrected chi connectivity index (χ0v) is 18.1. The summed E-state index contributed by atoms with van der Waals surface area (Å²) in [6.07, 6.45) is 8.09. The molecule has 8 nitrogen and oxygen atoms in total. The number of nitrogens with one attached hydrogen (secondary N) is 2. The van der Waals surface area contributed by atoms with Crippen molar-refractivity contribution in [3.8, 4) is 11.1 Å². The van der Waals surface area contributed by atoms with Crippen molar-refractivity contribution in [3.63, 3.8) is 0 Å². The maximum absolute atomic E-state index is 12.4. The lowest BCUT2D eigenvalue weighted by Crippen LogP contribution is -2.29. The fourth-order valence-corrected chi connectivity index (χ4v) is 4.89. The molecule has 3 aromatic heterocycles. The van der Waals surface area contributed by atoms with E-state index in [1.54, 1.807) is 24.7 Å². The number of nitrogens with zero attached hydrogens (tertiary/aromatic N) is 3. The predicted octanol–water partition coefficient (Wildman–Crippen LogP) is 3.71. The SMILES string of the molecule is Cc1ccncc1-c1cc(N)c2cnc(NC(=O)C(=O)Nc3nc4c(s3)CCC4)cc2c1. The van der Waals surface area contributed by atoms with Crippen molar-refractivity contribution >= 4 is 50.6 Å². The fourth-order valence-electron chi connectivity index (χ4n) is 3.85. The van der Waals surface area contributed by atoms with E-state index >= 15 is 0 Å². The molecule has 0 atom stereocenters. The number of anilines is 3. The van der Waals surface area contributed by atoms with Gasteiger partial charge in [0.1, 0.15) is 5.82 Å². The van der Waals surface area contributed by atoms with E-state index < -0.39 is 11.8 Å². The predicted molar refractivity (Wildman–Crippen MR) is 126 cm³/mol. The lowest BCUT2D eigenvalue weighted by Gasteiger charge is -2.11. The van der Waals surface area contributed by atoms with Gasteiger partial charge in [0.2, 0.25) is 0 Å². The number of carbonyl (C=O) groups excluding carboxylic acids is 2. The van der Waals surface area contributed by atoms with Crippen LogP contribution in [0.15, 0.2) is 42.9 Å². The Labute approximate surface area is 187 Å². The second kappa shape index (κ2) is 8.01. The van der Waals surface area contributed by atoms with Crippen LogP contribution >= 0.6 is 11.3 Å². The number of fused-ring (bicyclic) bond motifs is 2. The highest BCUT2D eigenvalue weighted by Gasteiger charge is 2.21. The number of nitrogens with two attached hydrogens (primary N) is 1. The monoisotopic (exact) mass is 444 g/mol. The minimum Gasteiger partial charge on any atom is -0.398 e. The summed E-state index contributed by atoms with van der Waals surface area (Å²) < 4.78 is 0. The van der Waals surface area contributed by atoms with Crippen molar-refractivity contribution in [1.29, 1.82) is 0 Å². The summed E-state index contributed by atoms with van der Waals surface area (Å²) in [7, 11) is 0. The highest BCUT2D eigenvalue weighted by molar-refractivity contribution is 7.16. The summed E-state index contributed by atoms with van der Waals surface area (Å²) in [6.45, 7) is 2.01. The number of pyridine rings is 2. The molecule has 9 heteroatoms. The molecule has 0 radical (unpaired) electrons. The Morgan fingerprint density at radius 3 is 2.75 bits per heavy atom. The average Bonchev–Trinajstić information content (AvgIpc) is 3.35. The molecular formula is C23H20N6O2S. The van der Waals surface area contributed by atoms with Gasteiger partial charge < -0.3 is 11.1 Å². The third-order valence-corrected chi connectivity index (χ3v) is 6.56. The highest BCUT2D eigenvalue weighted by atomic mass is 32.1. The van der Waals surface area contributed by atoms with Crippen LogP contribution in [0.3, 0.4) is 0 Å². The number of hydrogen-bond donors (Lipinski definition) is 3. The molecule has 1 aromatic carbocycles. The number of carbonyl (C=O) groups is 2. The van der Waals surface area contributed by atoms with Crippen LogP contribution in [-0.4, -0.2) is 26.8 Å². The molecule has 0 saturated carbocycles. The average molecular weight is 445 g/mol. The Morgan fingerprint density at radius 2 is 1.94 bits per heavy atom. The first kappa shape index (κ1) is 20.1. The Hall–Kier alpha value is -3.85. The molecule has 0 fully saturated rings.